The minimum atomic E-state index is 0. The molecule has 66 valence electrons. The molecule has 2 aromatic carbocycles. The maximum atomic E-state index is 3.32. The molecule has 0 amide bonds. The van der Waals surface area contributed by atoms with Crippen molar-refractivity contribution in [1.82, 2.24) is 0 Å². The molecule has 0 spiro atoms. The fourth-order valence-corrected chi connectivity index (χ4v) is 1.92. The molecule has 0 nitrogen and oxygen atoms in total. The molecule has 1 aliphatic carbocycles. The molecule has 1 aliphatic rings. The Bertz CT molecular complexity index is 498. The summed E-state index contributed by atoms with van der Waals surface area (Å²) in [6.07, 6.45) is 6.47. The molecule has 0 unspecified atom stereocenters. The molecule has 0 saturated heterocycles. The molecule has 14 heavy (non-hydrogen) atoms. The topological polar surface area (TPSA) is 0 Å². The second kappa shape index (κ2) is 3.83. The van der Waals surface area contributed by atoms with Crippen molar-refractivity contribution in [3.63, 3.8) is 0 Å². The van der Waals surface area contributed by atoms with E-state index in [0.717, 1.165) is 6.42 Å². The van der Waals surface area contributed by atoms with Gasteiger partial charge in [0.1, 0.15) is 0 Å². The van der Waals surface area contributed by atoms with Crippen LogP contribution in [0.4, 0.5) is 0 Å². The third-order valence-corrected chi connectivity index (χ3v) is 2.58. The van der Waals surface area contributed by atoms with Gasteiger partial charge in [0.25, 0.3) is 0 Å². The molecular formula is C13H9Zr-. The monoisotopic (exact) mass is 255 g/mol. The number of hydrogen-bond donors (Lipinski definition) is 0. The molecule has 2 aromatic rings. The third kappa shape index (κ3) is 1.40. The summed E-state index contributed by atoms with van der Waals surface area (Å²) in [4.78, 5) is 0. The number of benzene rings is 2. The van der Waals surface area contributed by atoms with Gasteiger partial charge < -0.3 is 0 Å². The van der Waals surface area contributed by atoms with E-state index in [0.29, 0.717) is 0 Å². The first kappa shape index (κ1) is 9.86. The van der Waals surface area contributed by atoms with Gasteiger partial charge in [-0.15, -0.1) is 23.1 Å². The molecule has 0 aromatic heterocycles. The number of allylic oxidation sites excluding steroid dienone is 1. The molecule has 1 heteroatoms. The zero-order chi connectivity index (χ0) is 8.67. The summed E-state index contributed by atoms with van der Waals surface area (Å²) in [7, 11) is 0. The van der Waals surface area contributed by atoms with E-state index in [1.165, 1.54) is 21.9 Å². The van der Waals surface area contributed by atoms with E-state index in [1.807, 2.05) is 0 Å². The maximum Gasteiger partial charge on any atom is 0 e. The Balaban J connectivity index is 0.000000750. The van der Waals surface area contributed by atoms with Gasteiger partial charge in [-0.25, -0.2) is 0 Å². The SMILES string of the molecule is [C-]1=CCc2ccc3ccccc3c21.[Zr]. The van der Waals surface area contributed by atoms with Gasteiger partial charge >= 0.3 is 0 Å². The van der Waals surface area contributed by atoms with Gasteiger partial charge in [0.2, 0.25) is 0 Å². The molecule has 0 heterocycles. The standard InChI is InChI=1S/C13H9.Zr/c1-2-6-12-10(4-1)8-9-11-5-3-7-13(11)12;/h1-4,6,8-9H,5H2;/q-1;. The summed E-state index contributed by atoms with van der Waals surface area (Å²) in [6, 6.07) is 12.9. The summed E-state index contributed by atoms with van der Waals surface area (Å²) < 4.78 is 0. The summed E-state index contributed by atoms with van der Waals surface area (Å²) in [5.74, 6) is 0. The van der Waals surface area contributed by atoms with E-state index in [2.05, 4.69) is 48.6 Å². The second-order valence-electron chi connectivity index (χ2n) is 3.37. The first-order chi connectivity index (χ1) is 6.45. The molecule has 0 bridgehead atoms. The normalized spacial score (nSPS) is 12.6. The van der Waals surface area contributed by atoms with Gasteiger partial charge in [-0.05, 0) is 0 Å². The zero-order valence-electron chi connectivity index (χ0n) is 7.75. The minimum Gasteiger partial charge on any atom is -0.182 e. The molecule has 0 atom stereocenters. The quantitative estimate of drug-likeness (QED) is 0.635. The van der Waals surface area contributed by atoms with Gasteiger partial charge in [-0.1, -0.05) is 36.1 Å². The van der Waals surface area contributed by atoms with Crippen LogP contribution in [-0.4, -0.2) is 0 Å². The minimum absolute atomic E-state index is 0. The largest absolute Gasteiger partial charge is 0.182 e. The average Bonchev–Trinajstić information content (AvgIpc) is 2.65. The number of rotatable bonds is 0. The Kier molecular flexibility index (Phi) is 2.69. The Morgan fingerprint density at radius 3 is 2.79 bits per heavy atom. The summed E-state index contributed by atoms with van der Waals surface area (Å²) in [5.41, 5.74) is 2.69. The van der Waals surface area contributed by atoms with Crippen molar-refractivity contribution in [2.24, 2.45) is 0 Å². The first-order valence-corrected chi connectivity index (χ1v) is 4.54. The van der Waals surface area contributed by atoms with Crippen LogP contribution in [0.5, 0.6) is 0 Å². The van der Waals surface area contributed by atoms with Crippen molar-refractivity contribution >= 4 is 10.8 Å². The van der Waals surface area contributed by atoms with E-state index < -0.39 is 0 Å². The van der Waals surface area contributed by atoms with Crippen LogP contribution in [0.15, 0.2) is 42.5 Å². The Morgan fingerprint density at radius 2 is 1.86 bits per heavy atom. The Hall–Kier alpha value is -0.677. The van der Waals surface area contributed by atoms with Crippen LogP contribution in [0, 0.1) is 6.08 Å². The van der Waals surface area contributed by atoms with Crippen molar-refractivity contribution in [3.05, 3.63) is 59.7 Å². The molecule has 0 saturated carbocycles. The number of fused-ring (bicyclic) bond motifs is 3. The molecule has 0 fully saturated rings. The smallest absolute Gasteiger partial charge is 0 e. The van der Waals surface area contributed by atoms with E-state index in [1.54, 1.807) is 0 Å². The fraction of sp³-hybridized carbons (Fsp3) is 0.0769. The van der Waals surface area contributed by atoms with Crippen LogP contribution in [0.2, 0.25) is 0 Å². The molecule has 0 N–H and O–H groups in total. The van der Waals surface area contributed by atoms with Gasteiger partial charge in [0, 0.05) is 26.2 Å². The van der Waals surface area contributed by atoms with Crippen LogP contribution >= 0.6 is 0 Å². The molecule has 3 rings (SSSR count). The summed E-state index contributed by atoms with van der Waals surface area (Å²) in [6.45, 7) is 0. The van der Waals surface area contributed by atoms with Crippen molar-refractivity contribution < 1.29 is 26.2 Å². The van der Waals surface area contributed by atoms with Gasteiger partial charge in [-0.3, -0.25) is 0 Å². The van der Waals surface area contributed by atoms with Crippen LogP contribution in [-0.2, 0) is 32.6 Å². The van der Waals surface area contributed by atoms with E-state index in [4.69, 9.17) is 0 Å². The van der Waals surface area contributed by atoms with Crippen molar-refractivity contribution in [2.45, 2.75) is 6.42 Å². The maximum absolute atomic E-state index is 3.32. The fourth-order valence-electron chi connectivity index (χ4n) is 1.92. The molecular weight excluding hydrogens is 247 g/mol. The van der Waals surface area contributed by atoms with Crippen LogP contribution < -0.4 is 0 Å². The van der Waals surface area contributed by atoms with E-state index in [-0.39, 0.29) is 26.2 Å². The second-order valence-corrected chi connectivity index (χ2v) is 3.37. The first-order valence-electron chi connectivity index (χ1n) is 4.54. The number of hydrogen-bond acceptors (Lipinski definition) is 0. The predicted molar refractivity (Wildman–Crippen MR) is 54.6 cm³/mol. The van der Waals surface area contributed by atoms with Crippen molar-refractivity contribution in [3.8, 4) is 0 Å². The summed E-state index contributed by atoms with van der Waals surface area (Å²) >= 11 is 0. The van der Waals surface area contributed by atoms with Crippen LogP contribution in [0.1, 0.15) is 11.1 Å². The third-order valence-electron chi connectivity index (χ3n) is 2.58. The average molecular weight is 256 g/mol. The van der Waals surface area contributed by atoms with Crippen LogP contribution in [0.3, 0.4) is 0 Å². The Morgan fingerprint density at radius 1 is 1.00 bits per heavy atom. The predicted octanol–water partition coefficient (Wildman–Crippen LogP) is 3.10. The zero-order valence-corrected chi connectivity index (χ0v) is 10.2. The van der Waals surface area contributed by atoms with Gasteiger partial charge in [-0.2, -0.15) is 17.7 Å². The van der Waals surface area contributed by atoms with E-state index >= 15 is 0 Å². The van der Waals surface area contributed by atoms with Gasteiger partial charge in [0.15, 0.2) is 0 Å². The summed E-state index contributed by atoms with van der Waals surface area (Å²) in [5, 5.41) is 2.64. The van der Waals surface area contributed by atoms with Crippen molar-refractivity contribution in [2.75, 3.05) is 0 Å². The van der Waals surface area contributed by atoms with Crippen molar-refractivity contribution in [1.29, 1.82) is 0 Å². The van der Waals surface area contributed by atoms with Gasteiger partial charge in [0.05, 0.1) is 0 Å². The molecule has 0 radical (unpaired) electrons. The van der Waals surface area contributed by atoms with E-state index in [9.17, 15) is 0 Å². The molecule has 0 aliphatic heterocycles. The van der Waals surface area contributed by atoms with Crippen LogP contribution in [0.25, 0.3) is 10.8 Å². The Labute approximate surface area is 103 Å².